The van der Waals surface area contributed by atoms with Crippen LogP contribution in [0.5, 0.6) is 0 Å². The van der Waals surface area contributed by atoms with E-state index in [0.717, 1.165) is 36.9 Å². The Kier molecular flexibility index (Phi) is 7.47. The topological polar surface area (TPSA) is 49.9 Å². The van der Waals surface area contributed by atoms with Crippen molar-refractivity contribution in [1.82, 2.24) is 9.80 Å². The van der Waals surface area contributed by atoms with Gasteiger partial charge in [-0.1, -0.05) is 91.0 Å². The minimum atomic E-state index is -0.569. The van der Waals surface area contributed by atoms with Crippen LogP contribution in [0.3, 0.4) is 0 Å². The average molecular weight is 483 g/mol. The molecular formula is C31H34N2O3. The number of amides is 1. The fourth-order valence-electron chi connectivity index (χ4n) is 6.04. The standard InChI is InChI=1S/C31H34N2O3/c1-36-31(35)28-21-27(32-19-11-18-26(32)20-23-12-5-2-6-13-23)22-33(28)30(34)29(24-14-7-3-8-15-24)25-16-9-4-10-17-25/h2-10,12-17,26-29H,11,18-22H2,1H3/t26?,27-,28-/m0/s1. The summed E-state index contributed by atoms with van der Waals surface area (Å²) in [7, 11) is 1.41. The second-order valence-corrected chi connectivity index (χ2v) is 9.90. The van der Waals surface area contributed by atoms with Gasteiger partial charge in [0.15, 0.2) is 0 Å². The summed E-state index contributed by atoms with van der Waals surface area (Å²) in [6.45, 7) is 1.54. The molecule has 2 aliphatic rings. The summed E-state index contributed by atoms with van der Waals surface area (Å²) in [4.78, 5) is 31.5. The van der Waals surface area contributed by atoms with E-state index < -0.39 is 12.0 Å². The molecule has 1 unspecified atom stereocenters. The van der Waals surface area contributed by atoms with Crippen molar-refractivity contribution in [2.24, 2.45) is 0 Å². The van der Waals surface area contributed by atoms with Gasteiger partial charge in [-0.05, 0) is 48.9 Å². The number of hydrogen-bond donors (Lipinski definition) is 0. The first kappa shape index (κ1) is 24.3. The number of ether oxygens (including phenoxy) is 1. The van der Waals surface area contributed by atoms with E-state index in [1.54, 1.807) is 4.90 Å². The van der Waals surface area contributed by atoms with E-state index in [0.29, 0.717) is 19.0 Å². The third kappa shape index (κ3) is 5.07. The van der Waals surface area contributed by atoms with Crippen LogP contribution in [-0.4, -0.2) is 60.0 Å². The second kappa shape index (κ2) is 11.1. The minimum absolute atomic E-state index is 0.0379. The Morgan fingerprint density at radius 1 is 0.889 bits per heavy atom. The van der Waals surface area contributed by atoms with Gasteiger partial charge in [0, 0.05) is 18.6 Å². The molecule has 186 valence electrons. The van der Waals surface area contributed by atoms with Crippen LogP contribution in [0.2, 0.25) is 0 Å². The highest BCUT2D eigenvalue weighted by Gasteiger charge is 2.46. The number of hydrogen-bond acceptors (Lipinski definition) is 4. The van der Waals surface area contributed by atoms with Crippen molar-refractivity contribution in [2.75, 3.05) is 20.2 Å². The van der Waals surface area contributed by atoms with Gasteiger partial charge in [-0.2, -0.15) is 0 Å². The van der Waals surface area contributed by atoms with Gasteiger partial charge in [0.05, 0.1) is 13.0 Å². The van der Waals surface area contributed by atoms with Crippen LogP contribution in [0.4, 0.5) is 0 Å². The van der Waals surface area contributed by atoms with Crippen LogP contribution < -0.4 is 0 Å². The lowest BCUT2D eigenvalue weighted by Crippen LogP contribution is -2.45. The molecule has 0 aliphatic carbocycles. The zero-order valence-electron chi connectivity index (χ0n) is 20.8. The predicted octanol–water partition coefficient (Wildman–Crippen LogP) is 4.67. The molecule has 3 aromatic carbocycles. The first-order valence-corrected chi connectivity index (χ1v) is 12.9. The number of esters is 1. The van der Waals surface area contributed by atoms with Crippen LogP contribution in [-0.2, 0) is 20.7 Å². The molecule has 0 bridgehead atoms. The largest absolute Gasteiger partial charge is 0.467 e. The highest BCUT2D eigenvalue weighted by molar-refractivity contribution is 5.91. The number of carbonyl (C=O) groups is 2. The fraction of sp³-hybridized carbons (Fsp3) is 0.355. The van der Waals surface area contributed by atoms with E-state index in [1.807, 2.05) is 66.7 Å². The Balaban J connectivity index is 1.42. The zero-order valence-corrected chi connectivity index (χ0v) is 20.8. The summed E-state index contributed by atoms with van der Waals surface area (Å²) in [6.07, 6.45) is 3.88. The van der Waals surface area contributed by atoms with Gasteiger partial charge in [0.2, 0.25) is 5.91 Å². The van der Waals surface area contributed by atoms with Crippen molar-refractivity contribution in [2.45, 2.75) is 49.7 Å². The van der Waals surface area contributed by atoms with E-state index in [4.69, 9.17) is 4.74 Å². The molecule has 2 fully saturated rings. The van der Waals surface area contributed by atoms with Gasteiger partial charge >= 0.3 is 5.97 Å². The monoisotopic (exact) mass is 482 g/mol. The predicted molar refractivity (Wildman–Crippen MR) is 141 cm³/mol. The zero-order chi connectivity index (χ0) is 24.9. The van der Waals surface area contributed by atoms with E-state index in [-0.39, 0.29) is 17.9 Å². The molecule has 0 radical (unpaired) electrons. The van der Waals surface area contributed by atoms with Crippen molar-refractivity contribution in [1.29, 1.82) is 0 Å². The Bertz CT molecular complexity index is 1110. The van der Waals surface area contributed by atoms with Crippen LogP contribution in [0.1, 0.15) is 41.9 Å². The molecule has 2 aliphatic heterocycles. The number of methoxy groups -OCH3 is 1. The molecule has 5 heteroatoms. The summed E-state index contributed by atoms with van der Waals surface area (Å²) < 4.78 is 5.19. The molecule has 3 aromatic rings. The highest BCUT2D eigenvalue weighted by atomic mass is 16.5. The molecule has 0 spiro atoms. The minimum Gasteiger partial charge on any atom is -0.467 e. The van der Waals surface area contributed by atoms with E-state index in [2.05, 4.69) is 29.2 Å². The van der Waals surface area contributed by atoms with Crippen LogP contribution >= 0.6 is 0 Å². The van der Waals surface area contributed by atoms with Crippen molar-refractivity contribution < 1.29 is 14.3 Å². The SMILES string of the molecule is COC(=O)[C@@H]1C[C@H](N2CCCC2Cc2ccccc2)CN1C(=O)C(c1ccccc1)c1ccccc1. The van der Waals surface area contributed by atoms with E-state index in [1.165, 1.54) is 12.7 Å². The lowest BCUT2D eigenvalue weighted by atomic mass is 9.90. The Hall–Kier alpha value is -3.44. The molecule has 1 amide bonds. The maximum atomic E-state index is 14.2. The normalized spacial score (nSPS) is 22.2. The van der Waals surface area contributed by atoms with Crippen LogP contribution in [0.25, 0.3) is 0 Å². The molecule has 0 aromatic heterocycles. The van der Waals surface area contributed by atoms with Gasteiger partial charge in [-0.25, -0.2) is 4.79 Å². The van der Waals surface area contributed by atoms with Gasteiger partial charge in [0.25, 0.3) is 0 Å². The Morgan fingerprint density at radius 3 is 2.06 bits per heavy atom. The molecule has 2 heterocycles. The van der Waals surface area contributed by atoms with Crippen molar-refractivity contribution in [3.05, 3.63) is 108 Å². The molecule has 2 saturated heterocycles. The van der Waals surface area contributed by atoms with E-state index >= 15 is 0 Å². The van der Waals surface area contributed by atoms with Crippen molar-refractivity contribution in [3.63, 3.8) is 0 Å². The molecule has 3 atom stereocenters. The smallest absolute Gasteiger partial charge is 0.328 e. The van der Waals surface area contributed by atoms with Gasteiger partial charge < -0.3 is 9.64 Å². The third-order valence-electron chi connectivity index (χ3n) is 7.75. The number of nitrogens with zero attached hydrogens (tertiary/aromatic N) is 2. The highest BCUT2D eigenvalue weighted by Crippen LogP contribution is 2.34. The number of likely N-dealkylation sites (tertiary alicyclic amines) is 2. The maximum Gasteiger partial charge on any atom is 0.328 e. The van der Waals surface area contributed by atoms with Crippen molar-refractivity contribution in [3.8, 4) is 0 Å². The fourth-order valence-corrected chi connectivity index (χ4v) is 6.04. The molecule has 0 N–H and O–H groups in total. The summed E-state index contributed by atoms with van der Waals surface area (Å²) in [5.41, 5.74) is 3.20. The quantitative estimate of drug-likeness (QED) is 0.460. The summed E-state index contributed by atoms with van der Waals surface area (Å²) in [5.74, 6) is -0.828. The lowest BCUT2D eigenvalue weighted by molar-refractivity contribution is -0.151. The van der Waals surface area contributed by atoms with Crippen molar-refractivity contribution >= 4 is 11.9 Å². The Morgan fingerprint density at radius 2 is 1.47 bits per heavy atom. The van der Waals surface area contributed by atoms with Crippen LogP contribution in [0, 0.1) is 0 Å². The molecular weight excluding hydrogens is 448 g/mol. The average Bonchev–Trinajstić information content (AvgIpc) is 3.57. The summed E-state index contributed by atoms with van der Waals surface area (Å²) in [6, 6.07) is 30.3. The van der Waals surface area contributed by atoms with Gasteiger partial charge in [0.1, 0.15) is 6.04 Å². The van der Waals surface area contributed by atoms with E-state index in [9.17, 15) is 9.59 Å². The molecule has 0 saturated carbocycles. The van der Waals surface area contributed by atoms with Gasteiger partial charge in [-0.15, -0.1) is 0 Å². The number of carbonyl (C=O) groups excluding carboxylic acids is 2. The third-order valence-corrected chi connectivity index (χ3v) is 7.75. The van der Waals surface area contributed by atoms with Crippen LogP contribution in [0.15, 0.2) is 91.0 Å². The molecule has 5 nitrogen and oxygen atoms in total. The summed E-state index contributed by atoms with van der Waals surface area (Å²) in [5, 5.41) is 0. The first-order chi connectivity index (χ1) is 17.7. The van der Waals surface area contributed by atoms with Gasteiger partial charge in [-0.3, -0.25) is 9.69 Å². The molecule has 36 heavy (non-hydrogen) atoms. The lowest BCUT2D eigenvalue weighted by Gasteiger charge is -2.31. The molecule has 5 rings (SSSR count). The maximum absolute atomic E-state index is 14.2. The first-order valence-electron chi connectivity index (χ1n) is 12.9. The number of benzene rings is 3. The summed E-state index contributed by atoms with van der Waals surface area (Å²) >= 11 is 0. The number of rotatable bonds is 7. The Labute approximate surface area is 213 Å². The second-order valence-electron chi connectivity index (χ2n) is 9.90.